The Labute approximate surface area is 127 Å². The van der Waals surface area contributed by atoms with Gasteiger partial charge in [-0.3, -0.25) is 0 Å². The minimum atomic E-state index is 0.152. The summed E-state index contributed by atoms with van der Waals surface area (Å²) in [5.41, 5.74) is 1.53. The topological polar surface area (TPSA) is 38.1 Å². The smallest absolute Gasteiger partial charge is 0.208 e. The fraction of sp³-hybridized carbons (Fsp3) is 0.500. The Morgan fingerprint density at radius 2 is 1.95 bits per heavy atom. The molecular weight excluding hydrogens is 260 g/mol. The third-order valence-electron chi connectivity index (χ3n) is 3.92. The van der Waals surface area contributed by atoms with E-state index in [0.29, 0.717) is 12.6 Å². The maximum atomic E-state index is 5.62. The maximum Gasteiger partial charge on any atom is 0.208 e. The van der Waals surface area contributed by atoms with Gasteiger partial charge in [-0.25, -0.2) is 4.98 Å². The van der Waals surface area contributed by atoms with Crippen molar-refractivity contribution in [3.05, 3.63) is 53.7 Å². The lowest BCUT2D eigenvalue weighted by Gasteiger charge is -2.29. The standard InChI is InChI=1S/C18H26N2O/c1-5-16-12-20-17(21-16)13-19-14(2)11-18(3,4)15-9-7-6-8-10-15/h6-10,12,14,19H,5,11,13H2,1-4H3. The molecule has 0 bridgehead atoms. The van der Waals surface area contributed by atoms with E-state index in [1.165, 1.54) is 5.56 Å². The van der Waals surface area contributed by atoms with Gasteiger partial charge in [-0.1, -0.05) is 51.1 Å². The molecule has 114 valence electrons. The summed E-state index contributed by atoms with van der Waals surface area (Å²) < 4.78 is 5.62. The Bertz CT molecular complexity index is 545. The second-order valence-corrected chi connectivity index (χ2v) is 6.31. The molecule has 0 aliphatic rings. The maximum absolute atomic E-state index is 5.62. The van der Waals surface area contributed by atoms with Gasteiger partial charge in [0, 0.05) is 12.5 Å². The van der Waals surface area contributed by atoms with Gasteiger partial charge >= 0.3 is 0 Å². The van der Waals surface area contributed by atoms with Crippen molar-refractivity contribution < 1.29 is 4.42 Å². The van der Waals surface area contributed by atoms with Crippen LogP contribution in [0.1, 0.15) is 51.3 Å². The van der Waals surface area contributed by atoms with Crippen LogP contribution in [0.3, 0.4) is 0 Å². The molecule has 0 fully saturated rings. The largest absolute Gasteiger partial charge is 0.444 e. The molecule has 3 nitrogen and oxygen atoms in total. The van der Waals surface area contributed by atoms with Crippen LogP contribution in [0.15, 0.2) is 40.9 Å². The van der Waals surface area contributed by atoms with E-state index in [2.05, 4.69) is 68.3 Å². The minimum absolute atomic E-state index is 0.152. The summed E-state index contributed by atoms with van der Waals surface area (Å²) in [4.78, 5) is 4.28. The average molecular weight is 286 g/mol. The highest BCUT2D eigenvalue weighted by molar-refractivity contribution is 5.23. The second-order valence-electron chi connectivity index (χ2n) is 6.31. The summed E-state index contributed by atoms with van der Waals surface area (Å²) in [6, 6.07) is 11.1. The van der Waals surface area contributed by atoms with Gasteiger partial charge in [0.15, 0.2) is 0 Å². The molecule has 1 N–H and O–H groups in total. The predicted octanol–water partition coefficient (Wildman–Crippen LogP) is 4.08. The quantitative estimate of drug-likeness (QED) is 0.833. The molecule has 0 radical (unpaired) electrons. The highest BCUT2D eigenvalue weighted by Gasteiger charge is 2.23. The normalized spacial score (nSPS) is 13.3. The average Bonchev–Trinajstić information content (AvgIpc) is 2.94. The van der Waals surface area contributed by atoms with E-state index in [9.17, 15) is 0 Å². The lowest BCUT2D eigenvalue weighted by Crippen LogP contribution is -2.33. The monoisotopic (exact) mass is 286 g/mol. The van der Waals surface area contributed by atoms with Crippen LogP contribution in [0.5, 0.6) is 0 Å². The van der Waals surface area contributed by atoms with Gasteiger partial charge in [0.25, 0.3) is 0 Å². The van der Waals surface area contributed by atoms with Crippen LogP contribution in [-0.2, 0) is 18.4 Å². The van der Waals surface area contributed by atoms with Gasteiger partial charge in [0.05, 0.1) is 12.7 Å². The Kier molecular flexibility index (Phi) is 5.18. The van der Waals surface area contributed by atoms with E-state index < -0.39 is 0 Å². The number of oxazole rings is 1. The zero-order valence-corrected chi connectivity index (χ0v) is 13.5. The first kappa shape index (κ1) is 15.8. The summed E-state index contributed by atoms with van der Waals surface area (Å²) in [5, 5.41) is 3.51. The van der Waals surface area contributed by atoms with Crippen molar-refractivity contribution in [2.24, 2.45) is 0 Å². The molecule has 0 aliphatic carbocycles. The highest BCUT2D eigenvalue weighted by atomic mass is 16.4. The van der Waals surface area contributed by atoms with Crippen LogP contribution < -0.4 is 5.32 Å². The third-order valence-corrected chi connectivity index (χ3v) is 3.92. The molecule has 0 spiro atoms. The van der Waals surface area contributed by atoms with Crippen molar-refractivity contribution in [2.75, 3.05) is 0 Å². The lowest BCUT2D eigenvalue weighted by molar-refractivity contribution is 0.364. The Morgan fingerprint density at radius 3 is 2.57 bits per heavy atom. The number of hydrogen-bond donors (Lipinski definition) is 1. The Hall–Kier alpha value is -1.61. The summed E-state index contributed by atoms with van der Waals surface area (Å²) in [7, 11) is 0. The molecule has 1 aromatic heterocycles. The van der Waals surface area contributed by atoms with Crippen molar-refractivity contribution in [2.45, 2.75) is 58.5 Å². The molecule has 1 atom stereocenters. The molecule has 2 rings (SSSR count). The van der Waals surface area contributed by atoms with Crippen molar-refractivity contribution in [3.8, 4) is 0 Å². The van der Waals surface area contributed by atoms with E-state index in [-0.39, 0.29) is 5.41 Å². The molecule has 21 heavy (non-hydrogen) atoms. The fourth-order valence-electron chi connectivity index (χ4n) is 2.70. The number of benzene rings is 1. The number of aromatic nitrogens is 1. The number of hydrogen-bond acceptors (Lipinski definition) is 3. The Balaban J connectivity index is 1.87. The molecule has 0 amide bonds. The van der Waals surface area contributed by atoms with E-state index >= 15 is 0 Å². The summed E-state index contributed by atoms with van der Waals surface area (Å²) in [6.07, 6.45) is 3.78. The van der Waals surface area contributed by atoms with Crippen molar-refractivity contribution in [1.82, 2.24) is 10.3 Å². The highest BCUT2D eigenvalue weighted by Crippen LogP contribution is 2.28. The predicted molar refractivity (Wildman–Crippen MR) is 86.3 cm³/mol. The zero-order chi connectivity index (χ0) is 15.3. The molecule has 0 saturated carbocycles. The van der Waals surface area contributed by atoms with Gasteiger partial charge in [0.1, 0.15) is 5.76 Å². The van der Waals surface area contributed by atoms with Crippen LogP contribution in [-0.4, -0.2) is 11.0 Å². The summed E-state index contributed by atoms with van der Waals surface area (Å²) >= 11 is 0. The number of aryl methyl sites for hydroxylation is 1. The van der Waals surface area contributed by atoms with Gasteiger partial charge < -0.3 is 9.73 Å². The van der Waals surface area contributed by atoms with Crippen LogP contribution in [0.2, 0.25) is 0 Å². The number of rotatable bonds is 7. The number of nitrogens with one attached hydrogen (secondary N) is 1. The SMILES string of the molecule is CCc1cnc(CNC(C)CC(C)(C)c2ccccc2)o1. The van der Waals surface area contributed by atoms with E-state index in [1.807, 2.05) is 6.20 Å². The molecule has 1 aromatic carbocycles. The van der Waals surface area contributed by atoms with Crippen molar-refractivity contribution in [3.63, 3.8) is 0 Å². The van der Waals surface area contributed by atoms with Gasteiger partial charge in [0.2, 0.25) is 5.89 Å². The minimum Gasteiger partial charge on any atom is -0.444 e. The van der Waals surface area contributed by atoms with Crippen LogP contribution >= 0.6 is 0 Å². The van der Waals surface area contributed by atoms with E-state index in [1.54, 1.807) is 0 Å². The van der Waals surface area contributed by atoms with Gasteiger partial charge in [-0.05, 0) is 24.3 Å². The molecular formula is C18H26N2O. The molecule has 2 aromatic rings. The Morgan fingerprint density at radius 1 is 1.24 bits per heavy atom. The first-order valence-electron chi connectivity index (χ1n) is 7.74. The molecule has 0 saturated heterocycles. The zero-order valence-electron chi connectivity index (χ0n) is 13.5. The summed E-state index contributed by atoms with van der Waals surface area (Å²) in [6.45, 7) is 9.56. The molecule has 1 heterocycles. The first-order chi connectivity index (χ1) is 10.0. The van der Waals surface area contributed by atoms with E-state index in [0.717, 1.165) is 24.5 Å². The third kappa shape index (κ3) is 4.43. The van der Waals surface area contributed by atoms with Gasteiger partial charge in [-0.2, -0.15) is 0 Å². The first-order valence-corrected chi connectivity index (χ1v) is 7.74. The molecule has 3 heteroatoms. The van der Waals surface area contributed by atoms with Crippen LogP contribution in [0.4, 0.5) is 0 Å². The lowest BCUT2D eigenvalue weighted by atomic mass is 9.79. The van der Waals surface area contributed by atoms with Gasteiger partial charge in [-0.15, -0.1) is 0 Å². The van der Waals surface area contributed by atoms with Crippen LogP contribution in [0.25, 0.3) is 0 Å². The fourth-order valence-corrected chi connectivity index (χ4v) is 2.70. The van der Waals surface area contributed by atoms with Crippen molar-refractivity contribution >= 4 is 0 Å². The van der Waals surface area contributed by atoms with Crippen molar-refractivity contribution in [1.29, 1.82) is 0 Å². The van der Waals surface area contributed by atoms with E-state index in [4.69, 9.17) is 4.42 Å². The van der Waals surface area contributed by atoms with Crippen LogP contribution in [0, 0.1) is 0 Å². The molecule has 0 aliphatic heterocycles. The number of nitrogens with zero attached hydrogens (tertiary/aromatic N) is 1. The molecule has 1 unspecified atom stereocenters. The second kappa shape index (κ2) is 6.90. The summed E-state index contributed by atoms with van der Waals surface area (Å²) in [5.74, 6) is 1.72.